The lowest BCUT2D eigenvalue weighted by Gasteiger charge is -2.12. The Morgan fingerprint density at radius 1 is 1.31 bits per heavy atom. The van der Waals surface area contributed by atoms with E-state index in [1.165, 1.54) is 0 Å². The van der Waals surface area contributed by atoms with Crippen LogP contribution in [-0.4, -0.2) is 27.1 Å². The monoisotopic (exact) mass is 241 g/mol. The lowest BCUT2D eigenvalue weighted by Crippen LogP contribution is -2.15. The highest BCUT2D eigenvalue weighted by Crippen LogP contribution is 2.32. The standard InChI is InChI=1S/C11H15NO3S/c1-14-9-5-8(7-12-3-4-13)11(16)6-10(9)15-2/h4-6,12,16H,3,7H2,1-2H3. The van der Waals surface area contributed by atoms with Crippen LogP contribution in [0.5, 0.6) is 11.5 Å². The maximum atomic E-state index is 10.2. The van der Waals surface area contributed by atoms with Crippen LogP contribution in [0.25, 0.3) is 0 Å². The van der Waals surface area contributed by atoms with E-state index in [0.29, 0.717) is 24.6 Å². The summed E-state index contributed by atoms with van der Waals surface area (Å²) in [6.07, 6.45) is 0.818. The van der Waals surface area contributed by atoms with Crippen LogP contribution < -0.4 is 14.8 Å². The number of thiol groups is 1. The Morgan fingerprint density at radius 2 is 1.94 bits per heavy atom. The average molecular weight is 241 g/mol. The van der Waals surface area contributed by atoms with Gasteiger partial charge in [-0.25, -0.2) is 0 Å². The quantitative estimate of drug-likeness (QED) is 0.447. The number of hydrogen-bond donors (Lipinski definition) is 2. The predicted molar refractivity (Wildman–Crippen MR) is 64.6 cm³/mol. The fourth-order valence-corrected chi connectivity index (χ4v) is 1.58. The SMILES string of the molecule is COc1cc(S)c(CNCC=O)cc1OC. The maximum Gasteiger partial charge on any atom is 0.161 e. The Hall–Kier alpha value is -1.20. The fraction of sp³-hybridized carbons (Fsp3) is 0.364. The first-order valence-corrected chi connectivity index (χ1v) is 5.25. The first kappa shape index (κ1) is 12.9. The van der Waals surface area contributed by atoms with Gasteiger partial charge in [0.15, 0.2) is 11.5 Å². The summed E-state index contributed by atoms with van der Waals surface area (Å²) in [4.78, 5) is 11.0. The summed E-state index contributed by atoms with van der Waals surface area (Å²) in [5.41, 5.74) is 0.961. The average Bonchev–Trinajstić information content (AvgIpc) is 2.31. The molecule has 0 atom stereocenters. The van der Waals surface area contributed by atoms with Gasteiger partial charge in [-0.15, -0.1) is 12.6 Å². The number of benzene rings is 1. The first-order chi connectivity index (χ1) is 7.72. The highest BCUT2D eigenvalue weighted by molar-refractivity contribution is 7.80. The zero-order valence-corrected chi connectivity index (χ0v) is 10.2. The Labute approximate surface area is 100 Å². The number of ether oxygens (including phenoxy) is 2. The van der Waals surface area contributed by atoms with Gasteiger partial charge in [0.1, 0.15) is 6.29 Å². The normalized spacial score (nSPS) is 9.94. The van der Waals surface area contributed by atoms with Crippen LogP contribution in [0.2, 0.25) is 0 Å². The molecule has 0 amide bonds. The summed E-state index contributed by atoms with van der Waals surface area (Å²) in [7, 11) is 3.16. The van der Waals surface area contributed by atoms with Crippen molar-refractivity contribution in [3.63, 3.8) is 0 Å². The maximum absolute atomic E-state index is 10.2. The molecule has 88 valence electrons. The number of carbonyl (C=O) groups excluding carboxylic acids is 1. The van der Waals surface area contributed by atoms with E-state index < -0.39 is 0 Å². The molecule has 0 fully saturated rings. The summed E-state index contributed by atoms with van der Waals surface area (Å²) in [6.45, 7) is 0.888. The van der Waals surface area contributed by atoms with Gasteiger partial charge in [0, 0.05) is 11.4 Å². The smallest absolute Gasteiger partial charge is 0.161 e. The molecule has 16 heavy (non-hydrogen) atoms. The second kappa shape index (κ2) is 6.40. The summed E-state index contributed by atoms with van der Waals surface area (Å²) in [5, 5.41) is 2.97. The van der Waals surface area contributed by atoms with E-state index in [2.05, 4.69) is 17.9 Å². The van der Waals surface area contributed by atoms with Crippen molar-refractivity contribution in [3.05, 3.63) is 17.7 Å². The molecule has 4 nitrogen and oxygen atoms in total. The molecular weight excluding hydrogens is 226 g/mol. The lowest BCUT2D eigenvalue weighted by atomic mass is 10.2. The third-order valence-electron chi connectivity index (χ3n) is 2.13. The predicted octanol–water partition coefficient (Wildman–Crippen LogP) is 1.28. The fourth-order valence-electron chi connectivity index (χ4n) is 1.32. The number of aldehydes is 1. The second-order valence-corrected chi connectivity index (χ2v) is 3.62. The van der Waals surface area contributed by atoms with Crippen molar-refractivity contribution in [2.75, 3.05) is 20.8 Å². The number of rotatable bonds is 6. The van der Waals surface area contributed by atoms with Crippen molar-refractivity contribution in [2.45, 2.75) is 11.4 Å². The Bertz CT molecular complexity index is 368. The van der Waals surface area contributed by atoms with Crippen LogP contribution in [0.4, 0.5) is 0 Å². The summed E-state index contributed by atoms with van der Waals surface area (Å²) in [5.74, 6) is 1.30. The molecule has 1 N–H and O–H groups in total. The molecule has 0 spiro atoms. The largest absolute Gasteiger partial charge is 0.493 e. The summed E-state index contributed by atoms with van der Waals surface area (Å²) in [6, 6.07) is 3.64. The Kier molecular flexibility index (Phi) is 5.14. The van der Waals surface area contributed by atoms with Gasteiger partial charge in [-0.2, -0.15) is 0 Å². The third kappa shape index (κ3) is 3.15. The van der Waals surface area contributed by atoms with Crippen LogP contribution in [-0.2, 0) is 11.3 Å². The number of methoxy groups -OCH3 is 2. The van der Waals surface area contributed by atoms with Gasteiger partial charge in [-0.1, -0.05) is 0 Å². The second-order valence-electron chi connectivity index (χ2n) is 3.13. The molecule has 5 heteroatoms. The van der Waals surface area contributed by atoms with E-state index in [0.717, 1.165) is 16.7 Å². The van der Waals surface area contributed by atoms with Gasteiger partial charge >= 0.3 is 0 Å². The minimum absolute atomic E-state index is 0.321. The van der Waals surface area contributed by atoms with Crippen LogP contribution in [0.15, 0.2) is 17.0 Å². The zero-order chi connectivity index (χ0) is 12.0. The number of carbonyl (C=O) groups is 1. The van der Waals surface area contributed by atoms with Crippen LogP contribution >= 0.6 is 12.6 Å². The molecule has 0 saturated heterocycles. The number of hydrogen-bond acceptors (Lipinski definition) is 5. The van der Waals surface area contributed by atoms with Gasteiger partial charge in [0.25, 0.3) is 0 Å². The summed E-state index contributed by atoms with van der Waals surface area (Å²) < 4.78 is 10.3. The van der Waals surface area contributed by atoms with Gasteiger partial charge in [-0.05, 0) is 17.7 Å². The van der Waals surface area contributed by atoms with E-state index in [-0.39, 0.29) is 0 Å². The molecule has 0 saturated carbocycles. The van der Waals surface area contributed by atoms with Crippen LogP contribution in [0.3, 0.4) is 0 Å². The van der Waals surface area contributed by atoms with Crippen molar-refractivity contribution in [2.24, 2.45) is 0 Å². The van der Waals surface area contributed by atoms with Gasteiger partial charge in [0.05, 0.1) is 20.8 Å². The van der Waals surface area contributed by atoms with Crippen molar-refractivity contribution < 1.29 is 14.3 Å². The lowest BCUT2D eigenvalue weighted by molar-refractivity contribution is -0.107. The van der Waals surface area contributed by atoms with E-state index in [1.807, 2.05) is 6.07 Å². The zero-order valence-electron chi connectivity index (χ0n) is 9.32. The molecular formula is C11H15NO3S. The molecule has 0 aromatic heterocycles. The topological polar surface area (TPSA) is 47.6 Å². The van der Waals surface area contributed by atoms with E-state index >= 15 is 0 Å². The van der Waals surface area contributed by atoms with Crippen LogP contribution in [0, 0.1) is 0 Å². The van der Waals surface area contributed by atoms with Crippen LogP contribution in [0.1, 0.15) is 5.56 Å². The molecule has 0 aliphatic rings. The highest BCUT2D eigenvalue weighted by atomic mass is 32.1. The third-order valence-corrected chi connectivity index (χ3v) is 2.54. The minimum atomic E-state index is 0.321. The molecule has 0 bridgehead atoms. The molecule has 0 aliphatic carbocycles. The van der Waals surface area contributed by atoms with E-state index in [1.54, 1.807) is 20.3 Å². The molecule has 0 heterocycles. The minimum Gasteiger partial charge on any atom is -0.493 e. The molecule has 0 aliphatic heterocycles. The Balaban J connectivity index is 2.88. The molecule has 1 rings (SSSR count). The molecule has 1 aromatic carbocycles. The van der Waals surface area contributed by atoms with Crippen molar-refractivity contribution in [3.8, 4) is 11.5 Å². The van der Waals surface area contributed by atoms with Crippen molar-refractivity contribution >= 4 is 18.9 Å². The van der Waals surface area contributed by atoms with Crippen molar-refractivity contribution in [1.82, 2.24) is 5.32 Å². The van der Waals surface area contributed by atoms with Gasteiger partial charge in [-0.3, -0.25) is 0 Å². The number of nitrogens with one attached hydrogen (secondary N) is 1. The Morgan fingerprint density at radius 3 is 2.50 bits per heavy atom. The molecule has 0 radical (unpaired) electrons. The van der Waals surface area contributed by atoms with Gasteiger partial charge < -0.3 is 19.6 Å². The summed E-state index contributed by atoms with van der Waals surface area (Å²) >= 11 is 4.35. The van der Waals surface area contributed by atoms with E-state index in [4.69, 9.17) is 9.47 Å². The first-order valence-electron chi connectivity index (χ1n) is 4.81. The van der Waals surface area contributed by atoms with Crippen molar-refractivity contribution in [1.29, 1.82) is 0 Å². The van der Waals surface area contributed by atoms with Gasteiger partial charge in [0.2, 0.25) is 0 Å². The molecule has 1 aromatic rings. The highest BCUT2D eigenvalue weighted by Gasteiger charge is 2.08. The molecule has 0 unspecified atom stereocenters. The van der Waals surface area contributed by atoms with E-state index in [9.17, 15) is 4.79 Å².